The Morgan fingerprint density at radius 1 is 1.44 bits per heavy atom. The summed E-state index contributed by atoms with van der Waals surface area (Å²) in [5.41, 5.74) is -0.787. The molecule has 0 spiro atoms. The van der Waals surface area contributed by atoms with Crippen LogP contribution in [0.5, 0.6) is 0 Å². The number of aliphatic hydroxyl groups is 1. The third-order valence-corrected chi connectivity index (χ3v) is 6.10. The number of aromatic nitrogens is 2. The normalized spacial score (nSPS) is 28.8. The Kier molecular flexibility index (Phi) is 6.40. The number of aryl methyl sites for hydroxylation is 1. The Bertz CT molecular complexity index is 759. The summed E-state index contributed by atoms with van der Waals surface area (Å²) in [6, 6.07) is 0. The molecule has 5 atom stereocenters. The van der Waals surface area contributed by atoms with E-state index < -0.39 is 43.2 Å². The van der Waals surface area contributed by atoms with Crippen molar-refractivity contribution in [3.8, 4) is 0 Å². The van der Waals surface area contributed by atoms with E-state index in [4.69, 9.17) is 14.0 Å². The van der Waals surface area contributed by atoms with Crippen molar-refractivity contribution < 1.29 is 23.7 Å². The molecule has 1 aromatic rings. The molecule has 1 fully saturated rings. The molecule has 1 aliphatic heterocycles. The minimum Gasteiger partial charge on any atom is -0.388 e. The molecule has 2 N–H and O–H groups in total. The van der Waals surface area contributed by atoms with Gasteiger partial charge in [-0.3, -0.25) is 18.9 Å². The first-order valence-corrected chi connectivity index (χ1v) is 10.4. The van der Waals surface area contributed by atoms with E-state index in [-0.39, 0.29) is 6.16 Å². The quantitative estimate of drug-likeness (QED) is 0.663. The summed E-state index contributed by atoms with van der Waals surface area (Å²) in [6.45, 7) is 5.21. The first-order valence-electron chi connectivity index (χ1n) is 8.09. The lowest BCUT2D eigenvalue weighted by Crippen LogP contribution is -2.39. The molecule has 0 amide bonds. The summed E-state index contributed by atoms with van der Waals surface area (Å²) < 4.78 is 29.8. The standard InChI is InChI=1S/C15H25N2O7P/c1-5-23-25(4,21)7-6-10-11(18)12(22-3)14(24-10)17-8-9(2)13(19)16-15(17)20/h8,10-12,14,18H,5-7H2,1-4H3,(H,16,19,20). The molecule has 5 unspecified atom stereocenters. The molecule has 0 saturated carbocycles. The fourth-order valence-corrected chi connectivity index (χ4v) is 4.31. The third kappa shape index (κ3) is 4.48. The van der Waals surface area contributed by atoms with E-state index in [1.165, 1.54) is 17.9 Å². The molecule has 9 nitrogen and oxygen atoms in total. The van der Waals surface area contributed by atoms with Crippen LogP contribution in [0.4, 0.5) is 0 Å². The van der Waals surface area contributed by atoms with Crippen LogP contribution in [0.25, 0.3) is 0 Å². The number of hydrogen-bond donors (Lipinski definition) is 2. The summed E-state index contributed by atoms with van der Waals surface area (Å²) >= 11 is 0. The molecule has 2 rings (SSSR count). The van der Waals surface area contributed by atoms with Gasteiger partial charge < -0.3 is 19.1 Å². The number of aromatic amines is 1. The zero-order valence-corrected chi connectivity index (χ0v) is 15.7. The fourth-order valence-electron chi connectivity index (χ4n) is 2.91. The van der Waals surface area contributed by atoms with Crippen LogP contribution in [0.3, 0.4) is 0 Å². The summed E-state index contributed by atoms with van der Waals surface area (Å²) in [7, 11) is -1.36. The zero-order valence-electron chi connectivity index (χ0n) is 14.8. The van der Waals surface area contributed by atoms with Crippen molar-refractivity contribution in [2.45, 2.75) is 44.8 Å². The van der Waals surface area contributed by atoms with Crippen LogP contribution >= 0.6 is 7.37 Å². The Morgan fingerprint density at radius 3 is 2.72 bits per heavy atom. The molecule has 1 aliphatic rings. The summed E-state index contributed by atoms with van der Waals surface area (Å²) in [5.74, 6) is 0. The Morgan fingerprint density at radius 2 is 2.12 bits per heavy atom. The molecule has 1 saturated heterocycles. The molecule has 0 radical (unpaired) electrons. The van der Waals surface area contributed by atoms with Crippen molar-refractivity contribution in [1.82, 2.24) is 9.55 Å². The predicted molar refractivity (Wildman–Crippen MR) is 91.4 cm³/mol. The van der Waals surface area contributed by atoms with Crippen LogP contribution in [-0.4, -0.2) is 59.5 Å². The second-order valence-electron chi connectivity index (χ2n) is 6.18. The molecular weight excluding hydrogens is 351 g/mol. The third-order valence-electron chi connectivity index (χ3n) is 4.23. The lowest BCUT2D eigenvalue weighted by molar-refractivity contribution is -0.0543. The highest BCUT2D eigenvalue weighted by molar-refractivity contribution is 7.58. The molecule has 2 heterocycles. The second kappa shape index (κ2) is 7.97. The van der Waals surface area contributed by atoms with Crippen LogP contribution < -0.4 is 11.2 Å². The van der Waals surface area contributed by atoms with Gasteiger partial charge in [-0.2, -0.15) is 0 Å². The van der Waals surface area contributed by atoms with E-state index >= 15 is 0 Å². The van der Waals surface area contributed by atoms with Gasteiger partial charge in [0.2, 0.25) is 0 Å². The van der Waals surface area contributed by atoms with Crippen molar-refractivity contribution in [2.75, 3.05) is 26.5 Å². The molecular formula is C15H25N2O7P. The molecule has 0 bridgehead atoms. The van der Waals surface area contributed by atoms with Crippen LogP contribution in [0, 0.1) is 6.92 Å². The van der Waals surface area contributed by atoms with Gasteiger partial charge in [-0.25, -0.2) is 4.79 Å². The number of aliphatic hydroxyl groups excluding tert-OH is 1. The van der Waals surface area contributed by atoms with Gasteiger partial charge in [0.1, 0.15) is 12.2 Å². The molecule has 25 heavy (non-hydrogen) atoms. The fraction of sp³-hybridized carbons (Fsp3) is 0.733. The minimum absolute atomic E-state index is 0.241. The molecule has 10 heteroatoms. The SMILES string of the molecule is CCOP(C)(=O)CCC1OC(n2cc(C)c(=O)[nH]c2=O)C(OC)C1O. The number of hydrogen-bond acceptors (Lipinski definition) is 7. The average Bonchev–Trinajstić information content (AvgIpc) is 2.85. The average molecular weight is 376 g/mol. The number of nitrogens with one attached hydrogen (secondary N) is 1. The Balaban J connectivity index is 2.21. The van der Waals surface area contributed by atoms with Crippen molar-refractivity contribution in [2.24, 2.45) is 0 Å². The smallest absolute Gasteiger partial charge is 0.330 e. The zero-order chi connectivity index (χ0) is 18.8. The van der Waals surface area contributed by atoms with Gasteiger partial charge in [-0.1, -0.05) is 0 Å². The largest absolute Gasteiger partial charge is 0.388 e. The number of ether oxygens (including phenoxy) is 2. The van der Waals surface area contributed by atoms with E-state index in [1.807, 2.05) is 0 Å². The molecule has 0 aliphatic carbocycles. The molecule has 1 aromatic heterocycles. The van der Waals surface area contributed by atoms with Crippen molar-refractivity contribution >= 4 is 7.37 Å². The lowest BCUT2D eigenvalue weighted by atomic mass is 10.1. The van der Waals surface area contributed by atoms with Gasteiger partial charge in [-0.15, -0.1) is 0 Å². The number of rotatable bonds is 7. The highest BCUT2D eigenvalue weighted by atomic mass is 31.2. The van der Waals surface area contributed by atoms with E-state index in [0.717, 1.165) is 0 Å². The van der Waals surface area contributed by atoms with Crippen LogP contribution in [0.1, 0.15) is 25.1 Å². The van der Waals surface area contributed by atoms with E-state index in [9.17, 15) is 19.3 Å². The summed E-state index contributed by atoms with van der Waals surface area (Å²) in [4.78, 5) is 25.8. The van der Waals surface area contributed by atoms with Gasteiger partial charge >= 0.3 is 5.69 Å². The topological polar surface area (TPSA) is 120 Å². The summed E-state index contributed by atoms with van der Waals surface area (Å²) in [6.07, 6.45) is -1.45. The number of nitrogens with zero attached hydrogens (tertiary/aromatic N) is 1. The molecule has 142 valence electrons. The van der Waals surface area contributed by atoms with E-state index in [2.05, 4.69) is 4.98 Å². The predicted octanol–water partition coefficient (Wildman–Crippen LogP) is 0.453. The van der Waals surface area contributed by atoms with Gasteiger partial charge in [-0.05, 0) is 20.3 Å². The van der Waals surface area contributed by atoms with Gasteiger partial charge in [0.25, 0.3) is 5.56 Å². The first-order chi connectivity index (χ1) is 11.7. The highest BCUT2D eigenvalue weighted by Gasteiger charge is 2.45. The number of methoxy groups -OCH3 is 1. The maximum Gasteiger partial charge on any atom is 0.330 e. The van der Waals surface area contributed by atoms with Crippen molar-refractivity contribution in [3.05, 3.63) is 32.6 Å². The van der Waals surface area contributed by atoms with Crippen LogP contribution in [0.2, 0.25) is 0 Å². The van der Waals surface area contributed by atoms with E-state index in [0.29, 0.717) is 18.6 Å². The monoisotopic (exact) mass is 376 g/mol. The van der Waals surface area contributed by atoms with Crippen molar-refractivity contribution in [3.63, 3.8) is 0 Å². The first kappa shape index (κ1) is 20.1. The molecule has 0 aromatic carbocycles. The van der Waals surface area contributed by atoms with Crippen molar-refractivity contribution in [1.29, 1.82) is 0 Å². The van der Waals surface area contributed by atoms with Crippen LogP contribution in [-0.2, 0) is 18.6 Å². The van der Waals surface area contributed by atoms with Gasteiger partial charge in [0.05, 0.1) is 12.7 Å². The maximum absolute atomic E-state index is 12.2. The summed E-state index contributed by atoms with van der Waals surface area (Å²) in [5, 5.41) is 10.5. The second-order valence-corrected chi connectivity index (χ2v) is 8.91. The van der Waals surface area contributed by atoms with Crippen LogP contribution in [0.15, 0.2) is 15.8 Å². The highest BCUT2D eigenvalue weighted by Crippen LogP contribution is 2.44. The van der Waals surface area contributed by atoms with Gasteiger partial charge in [0.15, 0.2) is 13.6 Å². The maximum atomic E-state index is 12.2. The Labute approximate surface area is 145 Å². The van der Waals surface area contributed by atoms with Gasteiger partial charge in [0, 0.05) is 31.7 Å². The minimum atomic E-state index is -2.76. The lowest BCUT2D eigenvalue weighted by Gasteiger charge is -2.20. The Hall–Kier alpha value is -1.25. The number of H-pyrrole nitrogens is 1. The van der Waals surface area contributed by atoms with E-state index in [1.54, 1.807) is 20.5 Å².